The van der Waals surface area contributed by atoms with Crippen LogP contribution in [0.1, 0.15) is 30.9 Å². The van der Waals surface area contributed by atoms with Gasteiger partial charge in [0.2, 0.25) is 0 Å². The predicted molar refractivity (Wildman–Crippen MR) is 119 cm³/mol. The van der Waals surface area contributed by atoms with Gasteiger partial charge >= 0.3 is 0 Å². The maximum absolute atomic E-state index is 9.42. The molecule has 0 aliphatic carbocycles. The molecule has 2 aromatic rings. The Morgan fingerprint density at radius 1 is 1.14 bits per heavy atom. The van der Waals surface area contributed by atoms with Crippen LogP contribution in [0.2, 0.25) is 0 Å². The van der Waals surface area contributed by atoms with E-state index in [1.807, 2.05) is 0 Å². The third-order valence-electron chi connectivity index (χ3n) is 5.50. The number of aliphatic imine (C=N–C) groups is 1. The summed E-state index contributed by atoms with van der Waals surface area (Å²) in [7, 11) is 0. The summed E-state index contributed by atoms with van der Waals surface area (Å²) in [6, 6.07) is 17.1. The molecule has 156 valence electrons. The molecule has 0 spiro atoms. The van der Waals surface area contributed by atoms with Crippen molar-refractivity contribution in [2.24, 2.45) is 10.4 Å². The zero-order valence-corrected chi connectivity index (χ0v) is 17.6. The Morgan fingerprint density at radius 3 is 2.62 bits per heavy atom. The second-order valence-electron chi connectivity index (χ2n) is 7.89. The van der Waals surface area contributed by atoms with Crippen LogP contribution in [0.15, 0.2) is 53.5 Å². The van der Waals surface area contributed by atoms with E-state index in [9.17, 15) is 5.11 Å². The van der Waals surface area contributed by atoms with E-state index in [0.717, 1.165) is 38.5 Å². The van der Waals surface area contributed by atoms with Gasteiger partial charge in [-0.25, -0.2) is 4.99 Å². The van der Waals surface area contributed by atoms with E-state index >= 15 is 0 Å². The number of benzene rings is 2. The molecule has 0 amide bonds. The first-order valence-electron chi connectivity index (χ1n) is 10.5. The van der Waals surface area contributed by atoms with E-state index in [0.29, 0.717) is 13.2 Å². The van der Waals surface area contributed by atoms with E-state index in [4.69, 9.17) is 9.73 Å². The summed E-state index contributed by atoms with van der Waals surface area (Å²) < 4.78 is 5.59. The standard InChI is InChI=1S/C24H33N3O2/c1-3-25-23(27-17-24(10-12-28)11-13-29-18-24)26-16-20-7-5-9-22(15-20)21-8-4-6-19(2)14-21/h4-9,14-15,28H,3,10-13,16-18H2,1-2H3,(H2,25,26,27). The number of aliphatic hydroxyl groups excluding tert-OH is 1. The smallest absolute Gasteiger partial charge is 0.191 e. The molecule has 1 saturated heterocycles. The molecular weight excluding hydrogens is 362 g/mol. The third kappa shape index (κ3) is 6.05. The largest absolute Gasteiger partial charge is 0.396 e. The lowest BCUT2D eigenvalue weighted by atomic mass is 9.84. The van der Waals surface area contributed by atoms with Crippen molar-refractivity contribution >= 4 is 5.96 Å². The number of hydrogen-bond acceptors (Lipinski definition) is 3. The summed E-state index contributed by atoms with van der Waals surface area (Å²) in [6.07, 6.45) is 1.72. The lowest BCUT2D eigenvalue weighted by molar-refractivity contribution is 0.127. The van der Waals surface area contributed by atoms with E-state index in [-0.39, 0.29) is 12.0 Å². The molecule has 1 aliphatic rings. The first-order chi connectivity index (χ1) is 14.1. The van der Waals surface area contributed by atoms with Crippen molar-refractivity contribution in [3.8, 4) is 11.1 Å². The number of nitrogens with one attached hydrogen (secondary N) is 2. The van der Waals surface area contributed by atoms with Crippen LogP contribution in [0, 0.1) is 12.3 Å². The van der Waals surface area contributed by atoms with Crippen molar-refractivity contribution in [3.63, 3.8) is 0 Å². The van der Waals surface area contributed by atoms with Gasteiger partial charge in [0, 0.05) is 31.7 Å². The molecule has 0 aromatic heterocycles. The van der Waals surface area contributed by atoms with Gasteiger partial charge in [-0.15, -0.1) is 0 Å². The fourth-order valence-electron chi connectivity index (χ4n) is 3.77. The first-order valence-corrected chi connectivity index (χ1v) is 10.5. The van der Waals surface area contributed by atoms with Crippen molar-refractivity contribution < 1.29 is 9.84 Å². The minimum Gasteiger partial charge on any atom is -0.396 e. The number of ether oxygens (including phenoxy) is 1. The van der Waals surface area contributed by atoms with Crippen LogP contribution in [-0.2, 0) is 11.3 Å². The Labute approximate surface area is 174 Å². The summed E-state index contributed by atoms with van der Waals surface area (Å²) in [5.41, 5.74) is 4.88. The maximum Gasteiger partial charge on any atom is 0.191 e. The van der Waals surface area contributed by atoms with Crippen molar-refractivity contribution in [2.75, 3.05) is 32.9 Å². The van der Waals surface area contributed by atoms with Crippen molar-refractivity contribution in [1.82, 2.24) is 10.6 Å². The Morgan fingerprint density at radius 2 is 1.93 bits per heavy atom. The highest BCUT2D eigenvalue weighted by Gasteiger charge is 2.34. The first kappa shape index (κ1) is 21.3. The molecular formula is C24H33N3O2. The minimum absolute atomic E-state index is 0.00394. The molecule has 29 heavy (non-hydrogen) atoms. The Hall–Kier alpha value is -2.37. The maximum atomic E-state index is 9.42. The molecule has 3 N–H and O–H groups in total. The average Bonchev–Trinajstić information content (AvgIpc) is 3.19. The molecule has 5 nitrogen and oxygen atoms in total. The zero-order valence-electron chi connectivity index (χ0n) is 17.6. The van der Waals surface area contributed by atoms with E-state index < -0.39 is 0 Å². The Bertz CT molecular complexity index is 813. The van der Waals surface area contributed by atoms with Gasteiger partial charge in [-0.1, -0.05) is 48.0 Å². The second-order valence-corrected chi connectivity index (χ2v) is 7.89. The SMILES string of the molecule is CCNC(=NCc1cccc(-c2cccc(C)c2)c1)NCC1(CCO)CCOC1. The molecule has 1 heterocycles. The van der Waals surface area contributed by atoms with Crippen LogP contribution in [-0.4, -0.2) is 44.0 Å². The van der Waals surface area contributed by atoms with Gasteiger partial charge in [-0.2, -0.15) is 0 Å². The lowest BCUT2D eigenvalue weighted by Gasteiger charge is -2.27. The van der Waals surface area contributed by atoms with E-state index in [2.05, 4.69) is 73.0 Å². The van der Waals surface area contributed by atoms with Crippen molar-refractivity contribution in [2.45, 2.75) is 33.2 Å². The second kappa shape index (κ2) is 10.4. The Kier molecular flexibility index (Phi) is 7.67. The van der Waals surface area contributed by atoms with Gasteiger partial charge in [0.1, 0.15) is 0 Å². The monoisotopic (exact) mass is 395 g/mol. The highest BCUT2D eigenvalue weighted by molar-refractivity contribution is 5.79. The molecule has 1 aliphatic heterocycles. The Balaban J connectivity index is 1.67. The van der Waals surface area contributed by atoms with E-state index in [1.165, 1.54) is 22.3 Å². The molecule has 0 bridgehead atoms. The number of guanidine groups is 1. The normalized spacial score (nSPS) is 19.3. The minimum atomic E-state index is -0.00394. The summed E-state index contributed by atoms with van der Waals surface area (Å²) >= 11 is 0. The van der Waals surface area contributed by atoms with Gasteiger partial charge in [0.05, 0.1) is 13.2 Å². The van der Waals surface area contributed by atoms with Gasteiger partial charge < -0.3 is 20.5 Å². The van der Waals surface area contributed by atoms with Gasteiger partial charge in [0.15, 0.2) is 5.96 Å². The number of hydrogen-bond donors (Lipinski definition) is 3. The molecule has 1 unspecified atom stereocenters. The summed E-state index contributed by atoms with van der Waals surface area (Å²) in [6.45, 7) is 7.99. The summed E-state index contributed by atoms with van der Waals surface area (Å²) in [5, 5.41) is 16.2. The fourth-order valence-corrected chi connectivity index (χ4v) is 3.77. The molecule has 0 saturated carbocycles. The quantitative estimate of drug-likeness (QED) is 0.473. The number of aliphatic hydroxyl groups is 1. The van der Waals surface area contributed by atoms with Crippen LogP contribution in [0.25, 0.3) is 11.1 Å². The highest BCUT2D eigenvalue weighted by Crippen LogP contribution is 2.31. The van der Waals surface area contributed by atoms with Gasteiger partial charge in [-0.3, -0.25) is 0 Å². The molecule has 0 radical (unpaired) electrons. The molecule has 1 fully saturated rings. The van der Waals surface area contributed by atoms with Crippen molar-refractivity contribution in [1.29, 1.82) is 0 Å². The molecule has 5 heteroatoms. The summed E-state index contributed by atoms with van der Waals surface area (Å²) in [4.78, 5) is 4.78. The fraction of sp³-hybridized carbons (Fsp3) is 0.458. The van der Waals surface area contributed by atoms with Crippen LogP contribution in [0.3, 0.4) is 0 Å². The van der Waals surface area contributed by atoms with Crippen LogP contribution < -0.4 is 10.6 Å². The zero-order chi connectivity index (χ0) is 20.5. The lowest BCUT2D eigenvalue weighted by Crippen LogP contribution is -2.44. The molecule has 2 aromatic carbocycles. The predicted octanol–water partition coefficient (Wildman–Crippen LogP) is 3.51. The van der Waals surface area contributed by atoms with Crippen molar-refractivity contribution in [3.05, 3.63) is 59.7 Å². The van der Waals surface area contributed by atoms with Gasteiger partial charge in [-0.05, 0) is 49.4 Å². The topological polar surface area (TPSA) is 65.9 Å². The number of aryl methyl sites for hydroxylation is 1. The molecule has 3 rings (SSSR count). The van der Waals surface area contributed by atoms with Crippen LogP contribution in [0.4, 0.5) is 0 Å². The van der Waals surface area contributed by atoms with Gasteiger partial charge in [0.25, 0.3) is 0 Å². The third-order valence-corrected chi connectivity index (χ3v) is 5.50. The number of rotatable bonds is 8. The molecule has 1 atom stereocenters. The summed E-state index contributed by atoms with van der Waals surface area (Å²) in [5.74, 6) is 0.803. The van der Waals surface area contributed by atoms with E-state index in [1.54, 1.807) is 0 Å². The van der Waals surface area contributed by atoms with Crippen LogP contribution >= 0.6 is 0 Å². The number of nitrogens with zero attached hydrogens (tertiary/aromatic N) is 1. The highest BCUT2D eigenvalue weighted by atomic mass is 16.5. The van der Waals surface area contributed by atoms with Crippen LogP contribution in [0.5, 0.6) is 0 Å². The average molecular weight is 396 g/mol.